The molecule has 1 aliphatic carbocycles. The van der Waals surface area contributed by atoms with Crippen LogP contribution in [0.1, 0.15) is 40.0 Å². The van der Waals surface area contributed by atoms with E-state index in [1.807, 2.05) is 6.92 Å². The molecular formula is C12H20O. The number of aliphatic hydroxyl groups is 1. The van der Waals surface area contributed by atoms with Crippen LogP contribution in [0.4, 0.5) is 0 Å². The van der Waals surface area contributed by atoms with E-state index < -0.39 is 5.60 Å². The highest BCUT2D eigenvalue weighted by Crippen LogP contribution is 2.40. The van der Waals surface area contributed by atoms with Gasteiger partial charge in [0, 0.05) is 0 Å². The van der Waals surface area contributed by atoms with E-state index in [2.05, 4.69) is 26.5 Å². The Labute approximate surface area is 81.2 Å². The van der Waals surface area contributed by atoms with Gasteiger partial charge in [0.05, 0.1) is 5.60 Å². The normalized spacial score (nSPS) is 32.5. The van der Waals surface area contributed by atoms with E-state index in [-0.39, 0.29) is 5.41 Å². The van der Waals surface area contributed by atoms with Crippen LogP contribution in [0.3, 0.4) is 0 Å². The van der Waals surface area contributed by atoms with Gasteiger partial charge in [-0.1, -0.05) is 26.0 Å². The smallest absolute Gasteiger partial charge is 0.0888 e. The Morgan fingerprint density at radius 1 is 1.54 bits per heavy atom. The Bertz CT molecular complexity index is 238. The van der Waals surface area contributed by atoms with Gasteiger partial charge < -0.3 is 5.11 Å². The predicted molar refractivity (Wildman–Crippen MR) is 56.5 cm³/mol. The van der Waals surface area contributed by atoms with Crippen molar-refractivity contribution < 1.29 is 5.11 Å². The maximum Gasteiger partial charge on any atom is 0.0888 e. The first-order valence-electron chi connectivity index (χ1n) is 4.93. The summed E-state index contributed by atoms with van der Waals surface area (Å²) in [5, 5.41) is 10.2. The van der Waals surface area contributed by atoms with Gasteiger partial charge in [-0.25, -0.2) is 0 Å². The molecule has 1 rings (SSSR count). The van der Waals surface area contributed by atoms with Gasteiger partial charge in [-0.05, 0) is 37.2 Å². The molecule has 1 atom stereocenters. The van der Waals surface area contributed by atoms with Crippen LogP contribution in [0, 0.1) is 5.41 Å². The Kier molecular flexibility index (Phi) is 2.67. The second-order valence-corrected chi connectivity index (χ2v) is 4.84. The van der Waals surface area contributed by atoms with Gasteiger partial charge in [-0.15, -0.1) is 6.58 Å². The molecule has 0 fully saturated rings. The molecule has 1 N–H and O–H groups in total. The number of hydrogen-bond acceptors (Lipinski definition) is 1. The molecule has 0 spiro atoms. The van der Waals surface area contributed by atoms with Gasteiger partial charge in [0.15, 0.2) is 0 Å². The van der Waals surface area contributed by atoms with Gasteiger partial charge in [0.2, 0.25) is 0 Å². The van der Waals surface area contributed by atoms with E-state index in [0.717, 1.165) is 18.4 Å². The average Bonchev–Trinajstić information content (AvgIpc) is 1.99. The molecule has 0 aliphatic heterocycles. The van der Waals surface area contributed by atoms with Crippen molar-refractivity contribution >= 4 is 0 Å². The van der Waals surface area contributed by atoms with Gasteiger partial charge in [0.25, 0.3) is 0 Å². The van der Waals surface area contributed by atoms with Crippen LogP contribution in [0.15, 0.2) is 24.3 Å². The molecule has 0 saturated heterocycles. The van der Waals surface area contributed by atoms with Crippen molar-refractivity contribution in [2.45, 2.75) is 45.6 Å². The van der Waals surface area contributed by atoms with E-state index in [4.69, 9.17) is 0 Å². The topological polar surface area (TPSA) is 20.2 Å². The second kappa shape index (κ2) is 3.30. The first kappa shape index (κ1) is 10.5. The van der Waals surface area contributed by atoms with Crippen molar-refractivity contribution in [2.24, 2.45) is 5.41 Å². The third kappa shape index (κ3) is 2.22. The Hall–Kier alpha value is -0.560. The summed E-state index contributed by atoms with van der Waals surface area (Å²) in [4.78, 5) is 0. The van der Waals surface area contributed by atoms with Crippen molar-refractivity contribution in [1.82, 2.24) is 0 Å². The van der Waals surface area contributed by atoms with Crippen LogP contribution in [0.2, 0.25) is 0 Å². The first-order chi connectivity index (χ1) is 5.90. The predicted octanol–water partition coefficient (Wildman–Crippen LogP) is 3.06. The molecule has 0 radical (unpaired) electrons. The highest BCUT2D eigenvalue weighted by Gasteiger charge is 2.35. The lowest BCUT2D eigenvalue weighted by molar-refractivity contribution is 0.0505. The highest BCUT2D eigenvalue weighted by atomic mass is 16.3. The van der Waals surface area contributed by atoms with Crippen LogP contribution in [-0.4, -0.2) is 10.7 Å². The third-order valence-corrected chi connectivity index (χ3v) is 3.01. The van der Waals surface area contributed by atoms with Gasteiger partial charge in [0.1, 0.15) is 0 Å². The van der Waals surface area contributed by atoms with E-state index in [0.29, 0.717) is 6.42 Å². The molecule has 0 amide bonds. The SMILES string of the molecule is C=CC[C@@]1(O)CCC(C)(C)C=C1C. The van der Waals surface area contributed by atoms with Gasteiger partial charge in [-0.3, -0.25) is 0 Å². The van der Waals surface area contributed by atoms with Crippen molar-refractivity contribution in [3.63, 3.8) is 0 Å². The zero-order valence-electron chi connectivity index (χ0n) is 8.93. The molecule has 74 valence electrons. The molecule has 13 heavy (non-hydrogen) atoms. The van der Waals surface area contributed by atoms with E-state index in [9.17, 15) is 5.11 Å². The fourth-order valence-electron chi connectivity index (χ4n) is 2.02. The first-order valence-corrected chi connectivity index (χ1v) is 4.93. The molecule has 1 heteroatoms. The lowest BCUT2D eigenvalue weighted by atomic mass is 9.71. The van der Waals surface area contributed by atoms with Crippen LogP contribution in [0.25, 0.3) is 0 Å². The Morgan fingerprint density at radius 3 is 2.62 bits per heavy atom. The minimum atomic E-state index is -0.614. The van der Waals surface area contributed by atoms with E-state index in [1.54, 1.807) is 6.08 Å². The molecule has 1 aliphatic rings. The minimum absolute atomic E-state index is 0.248. The molecule has 0 aromatic carbocycles. The summed E-state index contributed by atoms with van der Waals surface area (Å²) in [6, 6.07) is 0. The molecule has 0 unspecified atom stereocenters. The molecule has 0 bridgehead atoms. The molecule has 0 aromatic rings. The van der Waals surface area contributed by atoms with Gasteiger partial charge >= 0.3 is 0 Å². The fraction of sp³-hybridized carbons (Fsp3) is 0.667. The summed E-state index contributed by atoms with van der Waals surface area (Å²) in [5.74, 6) is 0. The molecule has 0 aromatic heterocycles. The summed E-state index contributed by atoms with van der Waals surface area (Å²) < 4.78 is 0. The summed E-state index contributed by atoms with van der Waals surface area (Å²) in [6.45, 7) is 10.1. The molecular weight excluding hydrogens is 160 g/mol. The van der Waals surface area contributed by atoms with Crippen LogP contribution >= 0.6 is 0 Å². The summed E-state index contributed by atoms with van der Waals surface area (Å²) in [5.41, 5.74) is 0.734. The highest BCUT2D eigenvalue weighted by molar-refractivity contribution is 5.22. The van der Waals surface area contributed by atoms with Crippen LogP contribution in [0.5, 0.6) is 0 Å². The molecule has 0 heterocycles. The van der Waals surface area contributed by atoms with E-state index in [1.165, 1.54) is 0 Å². The van der Waals surface area contributed by atoms with Crippen LogP contribution < -0.4 is 0 Å². The quantitative estimate of drug-likeness (QED) is 0.647. The number of allylic oxidation sites excluding steroid dienone is 1. The minimum Gasteiger partial charge on any atom is -0.385 e. The fourth-order valence-corrected chi connectivity index (χ4v) is 2.02. The molecule has 0 saturated carbocycles. The van der Waals surface area contributed by atoms with Crippen LogP contribution in [-0.2, 0) is 0 Å². The molecule has 1 nitrogen and oxygen atoms in total. The zero-order valence-corrected chi connectivity index (χ0v) is 8.93. The zero-order chi connectivity index (χ0) is 10.1. The monoisotopic (exact) mass is 180 g/mol. The van der Waals surface area contributed by atoms with E-state index >= 15 is 0 Å². The second-order valence-electron chi connectivity index (χ2n) is 4.84. The summed E-state index contributed by atoms with van der Waals surface area (Å²) in [6.07, 6.45) is 6.57. The van der Waals surface area contributed by atoms with Crippen molar-refractivity contribution in [1.29, 1.82) is 0 Å². The van der Waals surface area contributed by atoms with Crippen molar-refractivity contribution in [2.75, 3.05) is 0 Å². The lowest BCUT2D eigenvalue weighted by Gasteiger charge is -2.38. The van der Waals surface area contributed by atoms with Crippen molar-refractivity contribution in [3.8, 4) is 0 Å². The Balaban J connectivity index is 2.89. The maximum absolute atomic E-state index is 10.2. The number of rotatable bonds is 2. The Morgan fingerprint density at radius 2 is 2.15 bits per heavy atom. The number of hydrogen-bond donors (Lipinski definition) is 1. The van der Waals surface area contributed by atoms with Gasteiger partial charge in [-0.2, -0.15) is 0 Å². The lowest BCUT2D eigenvalue weighted by Crippen LogP contribution is -2.35. The standard InChI is InChI=1S/C12H20O/c1-5-6-12(13)8-7-11(3,4)9-10(12)2/h5,9,13H,1,6-8H2,2-4H3/t12-/m1/s1. The summed E-state index contributed by atoms with van der Waals surface area (Å²) >= 11 is 0. The van der Waals surface area contributed by atoms with Crippen molar-refractivity contribution in [3.05, 3.63) is 24.3 Å². The largest absolute Gasteiger partial charge is 0.385 e. The third-order valence-electron chi connectivity index (χ3n) is 3.01. The summed E-state index contributed by atoms with van der Waals surface area (Å²) in [7, 11) is 0. The maximum atomic E-state index is 10.2. The average molecular weight is 180 g/mol.